The van der Waals surface area contributed by atoms with Gasteiger partial charge in [-0.15, -0.1) is 0 Å². The third kappa shape index (κ3) is 5.20. The minimum Gasteiger partial charge on any atom is -0.497 e. The SMILES string of the molecule is CCOC(=O)Nc1cc(S(=O)(=O)N2CCN(c3ccc(OC)cc3)CC2)ccc1OC. The first-order valence-electron chi connectivity index (χ1n) is 9.90. The summed E-state index contributed by atoms with van der Waals surface area (Å²) in [4.78, 5) is 14.0. The number of benzene rings is 2. The molecule has 9 nitrogen and oxygen atoms in total. The Morgan fingerprint density at radius 2 is 1.68 bits per heavy atom. The van der Waals surface area contributed by atoms with E-state index in [4.69, 9.17) is 14.2 Å². The molecule has 0 radical (unpaired) electrons. The second-order valence-corrected chi connectivity index (χ2v) is 8.73. The minimum atomic E-state index is -3.73. The molecule has 2 aromatic carbocycles. The van der Waals surface area contributed by atoms with Crippen LogP contribution in [0.1, 0.15) is 6.92 Å². The first-order valence-corrected chi connectivity index (χ1v) is 11.3. The minimum absolute atomic E-state index is 0.0815. The van der Waals surface area contributed by atoms with E-state index in [-0.39, 0.29) is 17.2 Å². The zero-order valence-electron chi connectivity index (χ0n) is 17.8. The van der Waals surface area contributed by atoms with Gasteiger partial charge in [0.1, 0.15) is 11.5 Å². The van der Waals surface area contributed by atoms with Crippen molar-refractivity contribution < 1.29 is 27.4 Å². The van der Waals surface area contributed by atoms with Gasteiger partial charge in [0.05, 0.1) is 31.4 Å². The molecule has 0 atom stereocenters. The van der Waals surface area contributed by atoms with Crippen LogP contribution in [0.5, 0.6) is 11.5 Å². The highest BCUT2D eigenvalue weighted by molar-refractivity contribution is 7.89. The fraction of sp³-hybridized carbons (Fsp3) is 0.381. The lowest BCUT2D eigenvalue weighted by Crippen LogP contribution is -2.48. The predicted octanol–water partition coefficient (Wildman–Crippen LogP) is 2.78. The number of nitrogens with zero attached hydrogens (tertiary/aromatic N) is 2. The van der Waals surface area contributed by atoms with Crippen molar-refractivity contribution in [2.24, 2.45) is 0 Å². The van der Waals surface area contributed by atoms with E-state index in [1.165, 1.54) is 29.6 Å². The number of carbonyl (C=O) groups excluding carboxylic acids is 1. The van der Waals surface area contributed by atoms with Crippen LogP contribution in [0.3, 0.4) is 0 Å². The average molecular weight is 450 g/mol. The Bertz CT molecular complexity index is 1000. The Balaban J connectivity index is 1.73. The lowest BCUT2D eigenvalue weighted by atomic mass is 10.2. The van der Waals surface area contributed by atoms with Gasteiger partial charge >= 0.3 is 6.09 Å². The number of methoxy groups -OCH3 is 2. The van der Waals surface area contributed by atoms with E-state index >= 15 is 0 Å². The van der Waals surface area contributed by atoms with Crippen LogP contribution in [0, 0.1) is 0 Å². The molecule has 0 unspecified atom stereocenters. The summed E-state index contributed by atoms with van der Waals surface area (Å²) in [5.74, 6) is 1.12. The average Bonchev–Trinajstić information content (AvgIpc) is 2.79. The van der Waals surface area contributed by atoms with Gasteiger partial charge in [-0.2, -0.15) is 4.31 Å². The van der Waals surface area contributed by atoms with Crippen LogP contribution < -0.4 is 19.7 Å². The van der Waals surface area contributed by atoms with Crippen molar-refractivity contribution in [2.75, 3.05) is 57.2 Å². The van der Waals surface area contributed by atoms with Gasteiger partial charge in [-0.05, 0) is 49.4 Å². The van der Waals surface area contributed by atoms with Crippen molar-refractivity contribution in [3.05, 3.63) is 42.5 Å². The molecule has 1 N–H and O–H groups in total. The maximum absolute atomic E-state index is 13.2. The van der Waals surface area contributed by atoms with Crippen LogP contribution in [0.4, 0.5) is 16.2 Å². The number of carbonyl (C=O) groups is 1. The van der Waals surface area contributed by atoms with Gasteiger partial charge < -0.3 is 19.1 Å². The summed E-state index contributed by atoms with van der Waals surface area (Å²) in [7, 11) is -0.676. The molecule has 1 aliphatic rings. The van der Waals surface area contributed by atoms with E-state index in [2.05, 4.69) is 10.2 Å². The number of hydrogen-bond donors (Lipinski definition) is 1. The maximum Gasteiger partial charge on any atom is 0.411 e. The molecule has 1 saturated heterocycles. The summed E-state index contributed by atoms with van der Waals surface area (Å²) in [6.07, 6.45) is -0.677. The third-order valence-electron chi connectivity index (χ3n) is 5.00. The molecule has 3 rings (SSSR count). The molecular weight excluding hydrogens is 422 g/mol. The normalized spacial score (nSPS) is 14.7. The van der Waals surface area contributed by atoms with Crippen molar-refractivity contribution in [2.45, 2.75) is 11.8 Å². The number of anilines is 2. The Kier molecular flexibility index (Phi) is 7.24. The molecule has 0 spiro atoms. The number of sulfonamides is 1. The quantitative estimate of drug-likeness (QED) is 0.694. The topological polar surface area (TPSA) is 97.4 Å². The second-order valence-electron chi connectivity index (χ2n) is 6.80. The Morgan fingerprint density at radius 3 is 2.26 bits per heavy atom. The van der Waals surface area contributed by atoms with Gasteiger partial charge in [-0.3, -0.25) is 5.32 Å². The first-order chi connectivity index (χ1) is 14.9. The lowest BCUT2D eigenvalue weighted by molar-refractivity contribution is 0.168. The largest absolute Gasteiger partial charge is 0.497 e. The second kappa shape index (κ2) is 9.88. The van der Waals surface area contributed by atoms with Gasteiger partial charge in [0.15, 0.2) is 0 Å². The molecule has 1 heterocycles. The van der Waals surface area contributed by atoms with Crippen molar-refractivity contribution in [3.63, 3.8) is 0 Å². The molecule has 0 aromatic heterocycles. The molecule has 2 aromatic rings. The molecule has 0 aliphatic carbocycles. The highest BCUT2D eigenvalue weighted by atomic mass is 32.2. The third-order valence-corrected chi connectivity index (χ3v) is 6.89. The summed E-state index contributed by atoms with van der Waals surface area (Å²) in [5, 5.41) is 2.53. The molecular formula is C21H27N3O6S. The van der Waals surface area contributed by atoms with E-state index in [9.17, 15) is 13.2 Å². The zero-order chi connectivity index (χ0) is 22.4. The van der Waals surface area contributed by atoms with E-state index in [1.54, 1.807) is 14.0 Å². The Labute approximate surface area is 182 Å². The smallest absolute Gasteiger partial charge is 0.411 e. The van der Waals surface area contributed by atoms with Crippen LogP contribution in [0.25, 0.3) is 0 Å². The summed E-state index contributed by atoms with van der Waals surface area (Å²) in [6, 6.07) is 12.1. The molecule has 1 amide bonds. The monoisotopic (exact) mass is 449 g/mol. The van der Waals surface area contributed by atoms with Crippen LogP contribution >= 0.6 is 0 Å². The number of ether oxygens (including phenoxy) is 3. The number of nitrogens with one attached hydrogen (secondary N) is 1. The van der Waals surface area contributed by atoms with Crippen molar-refractivity contribution in [3.8, 4) is 11.5 Å². The zero-order valence-corrected chi connectivity index (χ0v) is 18.6. The van der Waals surface area contributed by atoms with Gasteiger partial charge in [0, 0.05) is 31.9 Å². The molecule has 1 aliphatic heterocycles. The van der Waals surface area contributed by atoms with Crippen LogP contribution in [0.15, 0.2) is 47.4 Å². The molecule has 10 heteroatoms. The number of piperazine rings is 1. The predicted molar refractivity (Wildman–Crippen MR) is 118 cm³/mol. The van der Waals surface area contributed by atoms with Crippen LogP contribution in [-0.2, 0) is 14.8 Å². The highest BCUT2D eigenvalue weighted by Gasteiger charge is 2.29. The Hall–Kier alpha value is -2.98. The Morgan fingerprint density at radius 1 is 1.00 bits per heavy atom. The fourth-order valence-electron chi connectivity index (χ4n) is 3.35. The van der Waals surface area contributed by atoms with Crippen molar-refractivity contribution in [1.29, 1.82) is 0 Å². The maximum atomic E-state index is 13.2. The molecule has 1 fully saturated rings. The van der Waals surface area contributed by atoms with Gasteiger partial charge in [-0.25, -0.2) is 13.2 Å². The fourth-order valence-corrected chi connectivity index (χ4v) is 4.80. The van der Waals surface area contributed by atoms with Gasteiger partial charge in [0.25, 0.3) is 0 Å². The van der Waals surface area contributed by atoms with E-state index in [1.807, 2.05) is 24.3 Å². The van der Waals surface area contributed by atoms with Crippen LogP contribution in [0.2, 0.25) is 0 Å². The summed E-state index contributed by atoms with van der Waals surface area (Å²) >= 11 is 0. The first kappa shape index (κ1) is 22.7. The molecule has 168 valence electrons. The standard InChI is InChI=1S/C21H27N3O6S/c1-4-30-21(25)22-19-15-18(9-10-20(19)29-3)31(26,27)24-13-11-23(12-14-24)16-5-7-17(28-2)8-6-16/h5-10,15H,4,11-14H2,1-3H3,(H,22,25). The van der Waals surface area contributed by atoms with Crippen molar-refractivity contribution >= 4 is 27.5 Å². The highest BCUT2D eigenvalue weighted by Crippen LogP contribution is 2.30. The number of hydrogen-bond acceptors (Lipinski definition) is 7. The summed E-state index contributed by atoms with van der Waals surface area (Å²) in [5.41, 5.74) is 1.25. The molecule has 0 saturated carbocycles. The van der Waals surface area contributed by atoms with E-state index in [0.717, 1.165) is 11.4 Å². The number of rotatable bonds is 7. The molecule has 31 heavy (non-hydrogen) atoms. The molecule has 0 bridgehead atoms. The van der Waals surface area contributed by atoms with Gasteiger partial charge in [0.2, 0.25) is 10.0 Å². The summed E-state index contributed by atoms with van der Waals surface area (Å²) in [6.45, 7) is 3.71. The van der Waals surface area contributed by atoms with E-state index in [0.29, 0.717) is 31.9 Å². The summed E-state index contributed by atoms with van der Waals surface area (Å²) < 4.78 is 43.1. The van der Waals surface area contributed by atoms with Crippen molar-refractivity contribution in [1.82, 2.24) is 4.31 Å². The van der Waals surface area contributed by atoms with E-state index < -0.39 is 16.1 Å². The van der Waals surface area contributed by atoms with Gasteiger partial charge in [-0.1, -0.05) is 0 Å². The van der Waals surface area contributed by atoms with Crippen LogP contribution in [-0.4, -0.2) is 65.8 Å². The number of amides is 1. The lowest BCUT2D eigenvalue weighted by Gasteiger charge is -2.35.